The van der Waals surface area contributed by atoms with Crippen LogP contribution in [0.5, 0.6) is 0 Å². The first-order chi connectivity index (χ1) is 9.76. The van der Waals surface area contributed by atoms with Crippen LogP contribution in [0.15, 0.2) is 47.7 Å². The molecule has 1 aromatic heterocycles. The number of aliphatic hydroxyl groups is 1. The zero-order valence-electron chi connectivity index (χ0n) is 11.0. The van der Waals surface area contributed by atoms with Crippen molar-refractivity contribution in [2.45, 2.75) is 13.0 Å². The minimum Gasteiger partial charge on any atom is -0.392 e. The third-order valence-corrected chi connectivity index (χ3v) is 3.23. The van der Waals surface area contributed by atoms with Crippen LogP contribution in [0.4, 0.5) is 5.69 Å². The molecule has 0 unspecified atom stereocenters. The summed E-state index contributed by atoms with van der Waals surface area (Å²) < 4.78 is 0. The highest BCUT2D eigenvalue weighted by molar-refractivity contribution is 5.89. The van der Waals surface area contributed by atoms with Crippen LogP contribution in [0, 0.1) is 0 Å². The first-order valence-electron chi connectivity index (χ1n) is 6.45. The number of nitrogens with zero attached hydrogens (tertiary/aromatic N) is 2. The summed E-state index contributed by atoms with van der Waals surface area (Å²) >= 11 is 0. The number of rotatable bonds is 2. The molecule has 0 saturated carbocycles. The largest absolute Gasteiger partial charge is 0.392 e. The zero-order valence-corrected chi connectivity index (χ0v) is 11.0. The molecule has 0 aliphatic carbocycles. The molecule has 0 fully saturated rings. The molecule has 100 valence electrons. The van der Waals surface area contributed by atoms with Gasteiger partial charge in [-0.3, -0.25) is 4.98 Å². The van der Waals surface area contributed by atoms with Crippen molar-refractivity contribution in [1.82, 2.24) is 4.98 Å². The Labute approximate surface area is 117 Å². The van der Waals surface area contributed by atoms with Crippen LogP contribution < -0.4 is 5.73 Å². The molecule has 0 atom stereocenters. The fraction of sp³-hybridized carbons (Fsp3) is 0.125. The number of aliphatic hydroxyl groups excluding tert-OH is 1. The molecule has 20 heavy (non-hydrogen) atoms. The first-order valence-corrected chi connectivity index (χ1v) is 6.45. The summed E-state index contributed by atoms with van der Waals surface area (Å²) in [5.74, 6) is 0.611. The van der Waals surface area contributed by atoms with Gasteiger partial charge in [0.1, 0.15) is 5.84 Å². The van der Waals surface area contributed by atoms with Crippen molar-refractivity contribution in [3.63, 3.8) is 0 Å². The van der Waals surface area contributed by atoms with Gasteiger partial charge in [0, 0.05) is 24.4 Å². The van der Waals surface area contributed by atoms with Crippen molar-refractivity contribution in [2.75, 3.05) is 0 Å². The number of hydrogen-bond acceptors (Lipinski definition) is 4. The van der Waals surface area contributed by atoms with E-state index < -0.39 is 0 Å². The molecule has 1 aliphatic heterocycles. The van der Waals surface area contributed by atoms with Gasteiger partial charge in [-0.25, -0.2) is 4.99 Å². The van der Waals surface area contributed by atoms with Gasteiger partial charge in [0.15, 0.2) is 0 Å². The topological polar surface area (TPSA) is 71.5 Å². The first kappa shape index (κ1) is 12.6. The summed E-state index contributed by atoms with van der Waals surface area (Å²) in [5.41, 5.74) is 10.5. The monoisotopic (exact) mass is 265 g/mol. The third kappa shape index (κ3) is 2.46. The van der Waals surface area contributed by atoms with Gasteiger partial charge >= 0.3 is 0 Å². The van der Waals surface area contributed by atoms with Gasteiger partial charge in [0.2, 0.25) is 0 Å². The van der Waals surface area contributed by atoms with Gasteiger partial charge in [-0.2, -0.15) is 0 Å². The van der Waals surface area contributed by atoms with Crippen molar-refractivity contribution in [1.29, 1.82) is 0 Å². The molecule has 2 heterocycles. The van der Waals surface area contributed by atoms with E-state index in [-0.39, 0.29) is 6.61 Å². The van der Waals surface area contributed by atoms with Crippen LogP contribution in [0.2, 0.25) is 0 Å². The number of fused-ring (bicyclic) bond motifs is 1. The number of benzene rings is 1. The second-order valence-electron chi connectivity index (χ2n) is 4.72. The second kappa shape index (κ2) is 5.27. The molecule has 0 spiro atoms. The van der Waals surface area contributed by atoms with E-state index in [0.717, 1.165) is 27.9 Å². The van der Waals surface area contributed by atoms with Crippen LogP contribution in [0.3, 0.4) is 0 Å². The Morgan fingerprint density at radius 3 is 2.90 bits per heavy atom. The predicted molar refractivity (Wildman–Crippen MR) is 80.5 cm³/mol. The Kier molecular flexibility index (Phi) is 3.31. The van der Waals surface area contributed by atoms with E-state index in [4.69, 9.17) is 5.73 Å². The Balaban J connectivity index is 2.08. The van der Waals surface area contributed by atoms with Crippen molar-refractivity contribution in [3.05, 3.63) is 53.9 Å². The molecule has 2 aromatic rings. The maximum Gasteiger partial charge on any atom is 0.103 e. The lowest BCUT2D eigenvalue weighted by atomic mass is 10.0. The number of amidine groups is 1. The van der Waals surface area contributed by atoms with E-state index in [1.54, 1.807) is 12.4 Å². The van der Waals surface area contributed by atoms with Crippen LogP contribution in [0.25, 0.3) is 17.2 Å². The average molecular weight is 265 g/mol. The Bertz CT molecular complexity index is 705. The van der Waals surface area contributed by atoms with Gasteiger partial charge < -0.3 is 10.8 Å². The average Bonchev–Trinajstić information content (AvgIpc) is 2.67. The molecular formula is C16H15N3O. The van der Waals surface area contributed by atoms with E-state index >= 15 is 0 Å². The Hall–Kier alpha value is -2.46. The Morgan fingerprint density at radius 2 is 2.05 bits per heavy atom. The zero-order chi connectivity index (χ0) is 13.9. The highest BCUT2D eigenvalue weighted by atomic mass is 16.3. The number of hydrogen-bond donors (Lipinski definition) is 2. The lowest BCUT2D eigenvalue weighted by molar-refractivity contribution is 0.281. The molecule has 1 aliphatic rings. The molecule has 0 bridgehead atoms. The second-order valence-corrected chi connectivity index (χ2v) is 4.72. The molecule has 3 N–H and O–H groups in total. The molecule has 4 nitrogen and oxygen atoms in total. The summed E-state index contributed by atoms with van der Waals surface area (Å²) in [7, 11) is 0. The third-order valence-electron chi connectivity index (χ3n) is 3.23. The normalized spacial score (nSPS) is 13.6. The van der Waals surface area contributed by atoms with Crippen molar-refractivity contribution >= 4 is 17.6 Å². The van der Waals surface area contributed by atoms with Crippen LogP contribution in [-0.2, 0) is 6.61 Å². The van der Waals surface area contributed by atoms with E-state index in [9.17, 15) is 5.11 Å². The highest BCUT2D eigenvalue weighted by Crippen LogP contribution is 2.30. The minimum absolute atomic E-state index is 0.0143. The molecule has 3 rings (SSSR count). The molecule has 0 radical (unpaired) electrons. The fourth-order valence-electron chi connectivity index (χ4n) is 2.20. The smallest absolute Gasteiger partial charge is 0.103 e. The van der Waals surface area contributed by atoms with E-state index in [0.29, 0.717) is 12.3 Å². The molecule has 0 saturated heterocycles. The Morgan fingerprint density at radius 1 is 1.15 bits per heavy atom. The van der Waals surface area contributed by atoms with Gasteiger partial charge in [0.25, 0.3) is 0 Å². The van der Waals surface area contributed by atoms with Crippen LogP contribution in [-0.4, -0.2) is 15.9 Å². The maximum atomic E-state index is 9.19. The van der Waals surface area contributed by atoms with E-state index in [2.05, 4.69) is 9.98 Å². The van der Waals surface area contributed by atoms with E-state index in [1.807, 2.05) is 36.4 Å². The van der Waals surface area contributed by atoms with Crippen molar-refractivity contribution < 1.29 is 5.11 Å². The minimum atomic E-state index is -0.0143. The number of aliphatic imine (C=N–C) groups is 1. The van der Waals surface area contributed by atoms with Crippen molar-refractivity contribution in [2.24, 2.45) is 10.7 Å². The summed E-state index contributed by atoms with van der Waals surface area (Å²) in [6.45, 7) is -0.0143. The van der Waals surface area contributed by atoms with Crippen LogP contribution >= 0.6 is 0 Å². The lowest BCUT2D eigenvalue weighted by Gasteiger charge is -2.06. The van der Waals surface area contributed by atoms with Crippen molar-refractivity contribution in [3.8, 4) is 11.1 Å². The highest BCUT2D eigenvalue weighted by Gasteiger charge is 2.07. The molecule has 4 heteroatoms. The van der Waals surface area contributed by atoms with Crippen LogP contribution in [0.1, 0.15) is 17.5 Å². The van der Waals surface area contributed by atoms with E-state index in [1.165, 1.54) is 0 Å². The van der Waals surface area contributed by atoms with Gasteiger partial charge in [-0.15, -0.1) is 0 Å². The van der Waals surface area contributed by atoms with Gasteiger partial charge in [0.05, 0.1) is 12.3 Å². The summed E-state index contributed by atoms with van der Waals surface area (Å²) in [5, 5.41) is 9.19. The number of nitrogens with two attached hydrogens (primary N) is 1. The summed E-state index contributed by atoms with van der Waals surface area (Å²) in [6, 6.07) is 7.97. The number of aromatic nitrogens is 1. The summed E-state index contributed by atoms with van der Waals surface area (Å²) in [6.07, 6.45) is 8.15. The molecule has 0 amide bonds. The SMILES string of the molecule is NC1=Nc2cc(-c3cncc(CO)c3)ccc2C=CC1. The standard InChI is InChI=1S/C16H15N3O/c17-16-3-1-2-12-4-5-13(7-15(12)19-16)14-6-11(10-20)8-18-9-14/h1-2,4-9,20H,3,10H2,(H2,17,19). The predicted octanol–water partition coefficient (Wildman–Crippen LogP) is 2.65. The van der Waals surface area contributed by atoms with Gasteiger partial charge in [-0.05, 0) is 28.8 Å². The lowest BCUT2D eigenvalue weighted by Crippen LogP contribution is -2.08. The quantitative estimate of drug-likeness (QED) is 0.876. The summed E-state index contributed by atoms with van der Waals surface area (Å²) in [4.78, 5) is 8.57. The fourth-order valence-corrected chi connectivity index (χ4v) is 2.20. The maximum absolute atomic E-state index is 9.19. The molecule has 1 aromatic carbocycles. The molecular weight excluding hydrogens is 250 g/mol. The van der Waals surface area contributed by atoms with Gasteiger partial charge in [-0.1, -0.05) is 24.3 Å². The number of pyridine rings is 1.